The summed E-state index contributed by atoms with van der Waals surface area (Å²) in [5.74, 6) is 0.293. The van der Waals surface area contributed by atoms with Gasteiger partial charge in [-0.3, -0.25) is 14.9 Å². The maximum absolute atomic E-state index is 12.4. The van der Waals surface area contributed by atoms with Gasteiger partial charge in [0.05, 0.1) is 23.2 Å². The first-order chi connectivity index (χ1) is 13.0. The lowest BCUT2D eigenvalue weighted by molar-refractivity contribution is -0.384. The van der Waals surface area contributed by atoms with E-state index in [9.17, 15) is 20.2 Å². The number of carbonyl (C=O) groups is 1. The molecule has 0 N–H and O–H groups in total. The number of nitro benzene ring substituents is 1. The van der Waals surface area contributed by atoms with Gasteiger partial charge in [0.25, 0.3) is 11.6 Å². The minimum Gasteiger partial charge on any atom is -0.457 e. The lowest BCUT2D eigenvalue weighted by atomic mass is 10.1. The van der Waals surface area contributed by atoms with Crippen LogP contribution in [0.15, 0.2) is 40.3 Å². The Morgan fingerprint density at radius 2 is 2.04 bits per heavy atom. The minimum absolute atomic E-state index is 0.0485. The Kier molecular flexibility index (Phi) is 5.54. The van der Waals surface area contributed by atoms with E-state index in [1.165, 1.54) is 24.3 Å². The minimum atomic E-state index is -0.539. The molecule has 0 saturated carbocycles. The average Bonchev–Trinajstić information content (AvgIpc) is 3.14. The first kappa shape index (κ1) is 18.6. The number of nitriles is 1. The zero-order valence-electron chi connectivity index (χ0n) is 14.1. The van der Waals surface area contributed by atoms with E-state index < -0.39 is 4.92 Å². The van der Waals surface area contributed by atoms with Gasteiger partial charge in [0, 0.05) is 36.9 Å². The molecule has 2 aromatic rings. The quantitative estimate of drug-likeness (QED) is 0.344. The van der Waals surface area contributed by atoms with E-state index in [2.05, 4.69) is 0 Å². The number of non-ortho nitro benzene ring substituents is 1. The number of morpholine rings is 1. The third-order valence-electron chi connectivity index (χ3n) is 3.99. The Morgan fingerprint density at radius 3 is 2.67 bits per heavy atom. The van der Waals surface area contributed by atoms with E-state index in [0.29, 0.717) is 43.4 Å². The highest BCUT2D eigenvalue weighted by molar-refractivity contribution is 6.33. The summed E-state index contributed by atoms with van der Waals surface area (Å²) < 4.78 is 10.8. The van der Waals surface area contributed by atoms with Crippen molar-refractivity contribution >= 4 is 29.3 Å². The van der Waals surface area contributed by atoms with Gasteiger partial charge in [-0.25, -0.2) is 0 Å². The molecule has 1 amide bonds. The Morgan fingerprint density at radius 1 is 1.30 bits per heavy atom. The normalized spacial score (nSPS) is 14.7. The van der Waals surface area contributed by atoms with Crippen LogP contribution in [0.5, 0.6) is 0 Å². The van der Waals surface area contributed by atoms with Crippen LogP contribution in [-0.4, -0.2) is 42.0 Å². The van der Waals surface area contributed by atoms with Crippen LogP contribution in [-0.2, 0) is 9.53 Å². The Hall–Kier alpha value is -3.15. The highest BCUT2D eigenvalue weighted by atomic mass is 35.5. The fraction of sp³-hybridized carbons (Fsp3) is 0.222. The first-order valence-corrected chi connectivity index (χ1v) is 8.40. The van der Waals surface area contributed by atoms with Gasteiger partial charge in [-0.05, 0) is 18.2 Å². The van der Waals surface area contributed by atoms with Crippen molar-refractivity contribution in [3.05, 3.63) is 56.8 Å². The molecule has 1 aliphatic rings. The molecule has 1 saturated heterocycles. The third kappa shape index (κ3) is 4.16. The van der Waals surface area contributed by atoms with Crippen molar-refractivity contribution in [2.75, 3.05) is 26.3 Å². The van der Waals surface area contributed by atoms with Crippen molar-refractivity contribution < 1.29 is 18.9 Å². The van der Waals surface area contributed by atoms with Gasteiger partial charge in [0.1, 0.15) is 23.2 Å². The smallest absolute Gasteiger partial charge is 0.270 e. The van der Waals surface area contributed by atoms with Gasteiger partial charge in [0.15, 0.2) is 0 Å². The van der Waals surface area contributed by atoms with Crippen molar-refractivity contribution in [1.82, 2.24) is 4.90 Å². The van der Waals surface area contributed by atoms with Gasteiger partial charge < -0.3 is 14.1 Å². The SMILES string of the molecule is N#C/C(=C\c1ccc(-c2ccc([N+](=O)[O-])cc2Cl)o1)C(=O)N1CCOCC1. The van der Waals surface area contributed by atoms with E-state index in [0.717, 1.165) is 0 Å². The fourth-order valence-corrected chi connectivity index (χ4v) is 2.88. The average molecular weight is 388 g/mol. The predicted octanol–water partition coefficient (Wildman–Crippen LogP) is 3.27. The molecule has 138 valence electrons. The second kappa shape index (κ2) is 8.03. The molecule has 0 bridgehead atoms. The summed E-state index contributed by atoms with van der Waals surface area (Å²) in [5.41, 5.74) is 0.297. The van der Waals surface area contributed by atoms with Gasteiger partial charge in [-0.1, -0.05) is 11.6 Å². The van der Waals surface area contributed by atoms with Crippen LogP contribution in [0.4, 0.5) is 5.69 Å². The molecule has 9 heteroatoms. The topological polar surface area (TPSA) is 110 Å². The van der Waals surface area contributed by atoms with Crippen molar-refractivity contribution in [3.63, 3.8) is 0 Å². The lowest BCUT2D eigenvalue weighted by Gasteiger charge is -2.26. The van der Waals surface area contributed by atoms with E-state index in [1.807, 2.05) is 6.07 Å². The summed E-state index contributed by atoms with van der Waals surface area (Å²) in [6.45, 7) is 1.74. The van der Waals surface area contributed by atoms with Crippen molar-refractivity contribution in [1.29, 1.82) is 5.26 Å². The number of nitrogens with zero attached hydrogens (tertiary/aromatic N) is 3. The van der Waals surface area contributed by atoms with E-state index in [4.69, 9.17) is 20.8 Å². The number of hydrogen-bond donors (Lipinski definition) is 0. The van der Waals surface area contributed by atoms with E-state index in [-0.39, 0.29) is 22.2 Å². The largest absolute Gasteiger partial charge is 0.457 e. The fourth-order valence-electron chi connectivity index (χ4n) is 2.61. The van der Waals surface area contributed by atoms with Gasteiger partial charge in [0.2, 0.25) is 0 Å². The Bertz CT molecular complexity index is 954. The zero-order chi connectivity index (χ0) is 19.4. The lowest BCUT2D eigenvalue weighted by Crippen LogP contribution is -2.41. The number of halogens is 1. The highest BCUT2D eigenvalue weighted by Crippen LogP contribution is 2.32. The molecule has 0 aliphatic carbocycles. The number of amides is 1. The van der Waals surface area contributed by atoms with Crippen molar-refractivity contribution in [3.8, 4) is 17.4 Å². The summed E-state index contributed by atoms with van der Waals surface area (Å²) in [5, 5.41) is 20.3. The molecule has 1 aliphatic heterocycles. The zero-order valence-corrected chi connectivity index (χ0v) is 14.8. The molecular formula is C18H14ClN3O5. The summed E-state index contributed by atoms with van der Waals surface area (Å²) >= 11 is 6.10. The molecule has 3 rings (SSSR count). The molecule has 1 aromatic heterocycles. The van der Waals surface area contributed by atoms with Crippen LogP contribution in [0.2, 0.25) is 5.02 Å². The summed E-state index contributed by atoms with van der Waals surface area (Å²) in [6, 6.07) is 9.15. The predicted molar refractivity (Wildman–Crippen MR) is 96.8 cm³/mol. The highest BCUT2D eigenvalue weighted by Gasteiger charge is 2.21. The van der Waals surface area contributed by atoms with Crippen LogP contribution in [0.25, 0.3) is 17.4 Å². The summed E-state index contributed by atoms with van der Waals surface area (Å²) in [6.07, 6.45) is 1.36. The summed E-state index contributed by atoms with van der Waals surface area (Å²) in [4.78, 5) is 24.2. The molecule has 0 atom stereocenters. The van der Waals surface area contributed by atoms with Crippen LogP contribution in [0.3, 0.4) is 0 Å². The molecule has 8 nitrogen and oxygen atoms in total. The number of benzene rings is 1. The molecule has 27 heavy (non-hydrogen) atoms. The maximum Gasteiger partial charge on any atom is 0.270 e. The Balaban J connectivity index is 1.84. The second-order valence-electron chi connectivity index (χ2n) is 5.70. The number of rotatable bonds is 4. The van der Waals surface area contributed by atoms with Crippen LogP contribution < -0.4 is 0 Å². The first-order valence-electron chi connectivity index (χ1n) is 8.02. The van der Waals surface area contributed by atoms with Gasteiger partial charge >= 0.3 is 0 Å². The van der Waals surface area contributed by atoms with Gasteiger partial charge in [-0.2, -0.15) is 5.26 Å². The summed E-state index contributed by atoms with van der Waals surface area (Å²) in [7, 11) is 0. The molecule has 2 heterocycles. The monoisotopic (exact) mass is 387 g/mol. The van der Waals surface area contributed by atoms with Crippen LogP contribution >= 0.6 is 11.6 Å². The molecule has 1 fully saturated rings. The standard InChI is InChI=1S/C18H14ClN3O5/c19-16-10-13(22(24)25)1-3-15(16)17-4-2-14(27-17)9-12(11-20)18(23)21-5-7-26-8-6-21/h1-4,9-10H,5-8H2/b12-9+. The third-order valence-corrected chi connectivity index (χ3v) is 4.30. The van der Waals surface area contributed by atoms with E-state index in [1.54, 1.807) is 17.0 Å². The number of nitro groups is 1. The van der Waals surface area contributed by atoms with Gasteiger partial charge in [-0.15, -0.1) is 0 Å². The van der Waals surface area contributed by atoms with Crippen molar-refractivity contribution in [2.24, 2.45) is 0 Å². The molecule has 0 radical (unpaired) electrons. The number of furan rings is 1. The van der Waals surface area contributed by atoms with E-state index >= 15 is 0 Å². The maximum atomic E-state index is 12.4. The van der Waals surface area contributed by atoms with Crippen LogP contribution in [0.1, 0.15) is 5.76 Å². The molecule has 0 spiro atoms. The van der Waals surface area contributed by atoms with Crippen molar-refractivity contribution in [2.45, 2.75) is 0 Å². The second-order valence-corrected chi connectivity index (χ2v) is 6.10. The number of hydrogen-bond acceptors (Lipinski definition) is 6. The van der Waals surface area contributed by atoms with Crippen LogP contribution in [0, 0.1) is 21.4 Å². The number of ether oxygens (including phenoxy) is 1. The Labute approximate surface area is 159 Å². The number of carbonyl (C=O) groups excluding carboxylic acids is 1. The molecular weight excluding hydrogens is 374 g/mol. The molecule has 1 aromatic carbocycles. The molecule has 0 unspecified atom stereocenters.